The Morgan fingerprint density at radius 2 is 1.90 bits per heavy atom. The zero-order valence-corrected chi connectivity index (χ0v) is 12.7. The van der Waals surface area contributed by atoms with Crippen LogP contribution in [0, 0.1) is 5.41 Å². The van der Waals surface area contributed by atoms with E-state index >= 15 is 0 Å². The maximum absolute atomic E-state index is 10.6. The molecule has 0 aromatic heterocycles. The second kappa shape index (κ2) is 6.43. The van der Waals surface area contributed by atoms with Crippen LogP contribution in [0.1, 0.15) is 69.4 Å². The van der Waals surface area contributed by atoms with E-state index in [2.05, 4.69) is 38.1 Å². The Morgan fingerprint density at radius 3 is 2.55 bits per heavy atom. The molecule has 1 aromatic carbocycles. The Hall–Kier alpha value is -1.31. The Bertz CT molecular complexity index is 452. The van der Waals surface area contributed by atoms with Gasteiger partial charge >= 0.3 is 5.97 Å². The maximum Gasteiger partial charge on any atom is 0.303 e. The van der Waals surface area contributed by atoms with Crippen molar-refractivity contribution in [3.8, 4) is 0 Å². The highest BCUT2D eigenvalue weighted by atomic mass is 16.4. The molecule has 1 saturated carbocycles. The van der Waals surface area contributed by atoms with E-state index in [1.165, 1.54) is 36.8 Å². The van der Waals surface area contributed by atoms with Crippen LogP contribution in [0.3, 0.4) is 0 Å². The van der Waals surface area contributed by atoms with Gasteiger partial charge in [-0.2, -0.15) is 0 Å². The molecule has 0 unspecified atom stereocenters. The van der Waals surface area contributed by atoms with Gasteiger partial charge in [0.2, 0.25) is 0 Å². The molecule has 0 amide bonds. The zero-order valence-electron chi connectivity index (χ0n) is 12.7. The maximum atomic E-state index is 10.6. The zero-order chi connectivity index (χ0) is 14.6. The third kappa shape index (κ3) is 4.09. The molecule has 1 aromatic rings. The van der Waals surface area contributed by atoms with E-state index in [4.69, 9.17) is 5.11 Å². The van der Waals surface area contributed by atoms with Gasteiger partial charge < -0.3 is 5.11 Å². The summed E-state index contributed by atoms with van der Waals surface area (Å²) in [6.45, 7) is 4.73. The molecule has 2 heteroatoms. The molecular formula is C18H26O2. The molecule has 0 radical (unpaired) electrons. The molecule has 0 bridgehead atoms. The molecule has 2 rings (SSSR count). The average Bonchev–Trinajstić information content (AvgIpc) is 2.39. The first-order valence-corrected chi connectivity index (χ1v) is 7.77. The van der Waals surface area contributed by atoms with Gasteiger partial charge in [0.15, 0.2) is 0 Å². The van der Waals surface area contributed by atoms with Crippen molar-refractivity contribution < 1.29 is 9.90 Å². The summed E-state index contributed by atoms with van der Waals surface area (Å²) in [4.78, 5) is 10.6. The quantitative estimate of drug-likeness (QED) is 0.839. The summed E-state index contributed by atoms with van der Waals surface area (Å²) < 4.78 is 0. The minimum absolute atomic E-state index is 0.270. The van der Waals surface area contributed by atoms with Gasteiger partial charge in [-0.1, -0.05) is 38.1 Å². The molecule has 110 valence electrons. The number of carbonyl (C=O) groups is 1. The van der Waals surface area contributed by atoms with Crippen LogP contribution in [0.2, 0.25) is 0 Å². The molecule has 20 heavy (non-hydrogen) atoms. The molecule has 0 heterocycles. The first kappa shape index (κ1) is 15.1. The van der Waals surface area contributed by atoms with Gasteiger partial charge in [-0.25, -0.2) is 0 Å². The van der Waals surface area contributed by atoms with E-state index in [1.54, 1.807) is 0 Å². The van der Waals surface area contributed by atoms with Gasteiger partial charge in [0.25, 0.3) is 0 Å². The lowest BCUT2D eigenvalue weighted by Crippen LogP contribution is -2.20. The lowest BCUT2D eigenvalue weighted by Gasteiger charge is -2.35. The first-order chi connectivity index (χ1) is 9.48. The predicted octanol–water partition coefficient (Wildman–Crippen LogP) is 4.78. The van der Waals surface area contributed by atoms with Crippen LogP contribution in [0.25, 0.3) is 0 Å². The van der Waals surface area contributed by atoms with Crippen molar-refractivity contribution >= 4 is 5.97 Å². The lowest BCUT2D eigenvalue weighted by atomic mass is 9.70. The molecule has 0 atom stereocenters. The standard InChI is InChI=1S/C18H26O2/c1-18(2)12-10-15(11-13-18)16-8-4-3-6-14(16)7-5-9-17(19)20/h3-4,6,8,15H,5,7,9-13H2,1-2H3,(H,19,20). The Kier molecular flexibility index (Phi) is 4.85. The van der Waals surface area contributed by atoms with Gasteiger partial charge in [-0.15, -0.1) is 0 Å². The fourth-order valence-corrected chi connectivity index (χ4v) is 3.30. The van der Waals surface area contributed by atoms with Crippen LogP contribution in [0.15, 0.2) is 24.3 Å². The summed E-state index contributed by atoms with van der Waals surface area (Å²) in [7, 11) is 0. The van der Waals surface area contributed by atoms with Crippen molar-refractivity contribution in [2.45, 2.75) is 64.7 Å². The van der Waals surface area contributed by atoms with E-state index < -0.39 is 5.97 Å². The highest BCUT2D eigenvalue weighted by Crippen LogP contribution is 2.43. The number of rotatable bonds is 5. The van der Waals surface area contributed by atoms with Crippen molar-refractivity contribution in [1.82, 2.24) is 0 Å². The minimum atomic E-state index is -0.693. The van der Waals surface area contributed by atoms with Crippen molar-refractivity contribution in [1.29, 1.82) is 0 Å². The van der Waals surface area contributed by atoms with Crippen molar-refractivity contribution in [3.05, 3.63) is 35.4 Å². The molecule has 1 aliphatic rings. The smallest absolute Gasteiger partial charge is 0.303 e. The number of carboxylic acid groups (broad SMARTS) is 1. The van der Waals surface area contributed by atoms with Crippen LogP contribution >= 0.6 is 0 Å². The normalized spacial score (nSPS) is 18.9. The van der Waals surface area contributed by atoms with Crippen molar-refractivity contribution in [2.75, 3.05) is 0 Å². The number of hydrogen-bond donors (Lipinski definition) is 1. The van der Waals surface area contributed by atoms with Gasteiger partial charge in [0.1, 0.15) is 0 Å². The number of aliphatic carboxylic acids is 1. The van der Waals surface area contributed by atoms with Crippen LogP contribution in [0.4, 0.5) is 0 Å². The Morgan fingerprint density at radius 1 is 1.25 bits per heavy atom. The van der Waals surface area contributed by atoms with Crippen molar-refractivity contribution in [2.24, 2.45) is 5.41 Å². The average molecular weight is 274 g/mol. The second-order valence-electron chi connectivity index (χ2n) is 6.88. The molecule has 1 N–H and O–H groups in total. The van der Waals surface area contributed by atoms with Crippen LogP contribution < -0.4 is 0 Å². The number of carboxylic acids is 1. The SMILES string of the molecule is CC1(C)CCC(c2ccccc2CCCC(=O)O)CC1. The highest BCUT2D eigenvalue weighted by molar-refractivity contribution is 5.66. The fraction of sp³-hybridized carbons (Fsp3) is 0.611. The van der Waals surface area contributed by atoms with Gasteiger partial charge in [0, 0.05) is 6.42 Å². The first-order valence-electron chi connectivity index (χ1n) is 7.77. The minimum Gasteiger partial charge on any atom is -0.481 e. The Balaban J connectivity index is 2.02. The van der Waals surface area contributed by atoms with Crippen LogP contribution in [0.5, 0.6) is 0 Å². The van der Waals surface area contributed by atoms with Gasteiger partial charge in [0.05, 0.1) is 0 Å². The van der Waals surface area contributed by atoms with Crippen molar-refractivity contribution in [3.63, 3.8) is 0 Å². The summed E-state index contributed by atoms with van der Waals surface area (Å²) in [5, 5.41) is 8.77. The topological polar surface area (TPSA) is 37.3 Å². The van der Waals surface area contributed by atoms with Crippen LogP contribution in [-0.2, 0) is 11.2 Å². The lowest BCUT2D eigenvalue weighted by molar-refractivity contribution is -0.137. The summed E-state index contributed by atoms with van der Waals surface area (Å²) >= 11 is 0. The number of aryl methyl sites for hydroxylation is 1. The molecule has 0 aliphatic heterocycles. The second-order valence-corrected chi connectivity index (χ2v) is 6.88. The molecule has 0 spiro atoms. The molecule has 1 aliphatic carbocycles. The van der Waals surface area contributed by atoms with E-state index in [9.17, 15) is 4.79 Å². The Labute approximate surface area is 122 Å². The van der Waals surface area contributed by atoms with E-state index in [1.807, 2.05) is 0 Å². The summed E-state index contributed by atoms with van der Waals surface area (Å²) in [5.74, 6) is -0.0223. The number of benzene rings is 1. The highest BCUT2D eigenvalue weighted by Gasteiger charge is 2.28. The van der Waals surface area contributed by atoms with E-state index in [-0.39, 0.29) is 6.42 Å². The summed E-state index contributed by atoms with van der Waals surface area (Å²) in [6.07, 6.45) is 7.02. The third-order valence-electron chi connectivity index (χ3n) is 4.67. The monoisotopic (exact) mass is 274 g/mol. The van der Waals surface area contributed by atoms with E-state index in [0.717, 1.165) is 12.8 Å². The van der Waals surface area contributed by atoms with Crippen LogP contribution in [-0.4, -0.2) is 11.1 Å². The number of hydrogen-bond acceptors (Lipinski definition) is 1. The fourth-order valence-electron chi connectivity index (χ4n) is 3.30. The van der Waals surface area contributed by atoms with E-state index in [0.29, 0.717) is 11.3 Å². The molecule has 0 saturated heterocycles. The summed E-state index contributed by atoms with van der Waals surface area (Å²) in [6, 6.07) is 8.62. The van der Waals surface area contributed by atoms with Gasteiger partial charge in [-0.05, 0) is 61.0 Å². The summed E-state index contributed by atoms with van der Waals surface area (Å²) in [5.41, 5.74) is 3.32. The largest absolute Gasteiger partial charge is 0.481 e. The van der Waals surface area contributed by atoms with Gasteiger partial charge in [-0.3, -0.25) is 4.79 Å². The predicted molar refractivity (Wildman–Crippen MR) is 82.0 cm³/mol. The molecule has 1 fully saturated rings. The molecular weight excluding hydrogens is 248 g/mol. The molecule has 2 nitrogen and oxygen atoms in total. The third-order valence-corrected chi connectivity index (χ3v) is 4.67.